The van der Waals surface area contributed by atoms with Crippen LogP contribution in [-0.2, 0) is 4.79 Å². The van der Waals surface area contributed by atoms with E-state index < -0.39 is 11.8 Å². The van der Waals surface area contributed by atoms with Gasteiger partial charge < -0.3 is 5.32 Å². The fraction of sp³-hybridized carbons (Fsp3) is 0. The number of benzene rings is 1. The summed E-state index contributed by atoms with van der Waals surface area (Å²) in [5, 5.41) is 7.09. The number of carbonyl (C=O) groups excluding carboxylic acids is 3. The average molecular weight is 552 g/mol. The van der Waals surface area contributed by atoms with Crippen LogP contribution in [0.15, 0.2) is 45.6 Å². The molecule has 0 spiro atoms. The molecule has 9 nitrogen and oxygen atoms in total. The molecule has 3 aromatic rings. The van der Waals surface area contributed by atoms with Gasteiger partial charge in [-0.25, -0.2) is 9.67 Å². The lowest BCUT2D eigenvalue weighted by Crippen LogP contribution is -2.37. The van der Waals surface area contributed by atoms with E-state index in [1.54, 1.807) is 12.1 Å². The lowest BCUT2D eigenvalue weighted by Gasteiger charge is -2.15. The number of amides is 3. The highest BCUT2D eigenvalue weighted by molar-refractivity contribution is 9.10. The largest absolute Gasteiger partial charge is 0.320 e. The maximum absolute atomic E-state index is 13.0. The van der Waals surface area contributed by atoms with Gasteiger partial charge in [-0.2, -0.15) is 5.10 Å². The zero-order chi connectivity index (χ0) is 21.8. The summed E-state index contributed by atoms with van der Waals surface area (Å²) in [7, 11) is 6.01. The predicted molar refractivity (Wildman–Crippen MR) is 118 cm³/mol. The summed E-state index contributed by atoms with van der Waals surface area (Å²) in [6, 6.07) is 7.67. The molecule has 0 atom stereocenters. The van der Waals surface area contributed by atoms with Crippen LogP contribution in [0.25, 0.3) is 5.82 Å². The summed E-state index contributed by atoms with van der Waals surface area (Å²) in [5.74, 6) is -1.07. The zero-order valence-corrected chi connectivity index (χ0v) is 18.7. The van der Waals surface area contributed by atoms with Gasteiger partial charge in [-0.05, 0) is 34.1 Å². The first-order valence-corrected chi connectivity index (χ1v) is 10.0. The third kappa shape index (κ3) is 4.72. The summed E-state index contributed by atoms with van der Waals surface area (Å²) in [4.78, 5) is 40.0. The Morgan fingerprint density at radius 1 is 1.20 bits per heavy atom. The maximum Gasteiger partial charge on any atom is 0.274 e. The molecule has 3 amide bonds. The van der Waals surface area contributed by atoms with E-state index in [1.165, 1.54) is 29.1 Å². The number of hydrogen-bond donors (Lipinski definition) is 3. The van der Waals surface area contributed by atoms with Gasteiger partial charge in [-0.1, -0.05) is 39.1 Å². The van der Waals surface area contributed by atoms with Crippen LogP contribution >= 0.6 is 43.5 Å². The number of halogens is 3. The summed E-state index contributed by atoms with van der Waals surface area (Å²) in [6.45, 7) is 0. The van der Waals surface area contributed by atoms with Gasteiger partial charge in [0.25, 0.3) is 11.8 Å². The highest BCUT2D eigenvalue weighted by Crippen LogP contribution is 2.23. The smallest absolute Gasteiger partial charge is 0.274 e. The van der Waals surface area contributed by atoms with Crippen LogP contribution in [-0.4, -0.2) is 40.8 Å². The van der Waals surface area contributed by atoms with E-state index >= 15 is 0 Å². The maximum atomic E-state index is 13.0. The molecule has 0 aliphatic heterocycles. The minimum Gasteiger partial charge on any atom is -0.320 e. The molecule has 2 aromatic heterocycles. The van der Waals surface area contributed by atoms with Crippen LogP contribution in [0.2, 0.25) is 5.02 Å². The number of hydrazine groups is 1. The minimum absolute atomic E-state index is 0.0191. The Morgan fingerprint density at radius 3 is 2.67 bits per heavy atom. The van der Waals surface area contributed by atoms with E-state index in [0.29, 0.717) is 15.5 Å². The third-order valence-electron chi connectivity index (χ3n) is 3.71. The number of nitrogens with zero attached hydrogens (tertiary/aromatic N) is 3. The molecule has 0 saturated heterocycles. The van der Waals surface area contributed by atoms with Crippen molar-refractivity contribution >= 4 is 80.7 Å². The fourth-order valence-electron chi connectivity index (χ4n) is 2.50. The molecule has 2 radical (unpaired) electrons. The van der Waals surface area contributed by atoms with Crippen molar-refractivity contribution in [1.29, 1.82) is 0 Å². The summed E-state index contributed by atoms with van der Waals surface area (Å²) in [6.07, 6.45) is 1.80. The summed E-state index contributed by atoms with van der Waals surface area (Å²) >= 11 is 12.7. The van der Waals surface area contributed by atoms with Gasteiger partial charge in [0.2, 0.25) is 6.41 Å². The van der Waals surface area contributed by atoms with E-state index in [9.17, 15) is 14.4 Å². The molecule has 30 heavy (non-hydrogen) atoms. The van der Waals surface area contributed by atoms with Crippen molar-refractivity contribution in [3.63, 3.8) is 0 Å². The first-order chi connectivity index (χ1) is 14.3. The number of nitrogens with one attached hydrogen (secondary N) is 3. The Kier molecular flexibility index (Phi) is 6.90. The van der Waals surface area contributed by atoms with Crippen LogP contribution in [0.3, 0.4) is 0 Å². The summed E-state index contributed by atoms with van der Waals surface area (Å²) < 4.78 is 2.12. The molecule has 0 aliphatic carbocycles. The van der Waals surface area contributed by atoms with Gasteiger partial charge in [0.1, 0.15) is 18.1 Å². The lowest BCUT2D eigenvalue weighted by molar-refractivity contribution is -0.110. The number of anilines is 1. The molecule has 2 heterocycles. The Bertz CT molecular complexity index is 1160. The Balaban J connectivity index is 2.01. The molecule has 0 saturated carbocycles. The zero-order valence-electron chi connectivity index (χ0n) is 14.8. The second kappa shape index (κ2) is 9.41. The normalized spacial score (nSPS) is 10.4. The van der Waals surface area contributed by atoms with Crippen molar-refractivity contribution in [1.82, 2.24) is 25.6 Å². The third-order valence-corrected chi connectivity index (χ3v) is 4.85. The number of rotatable bonds is 6. The molecule has 150 valence electrons. The van der Waals surface area contributed by atoms with Crippen molar-refractivity contribution < 1.29 is 14.4 Å². The van der Waals surface area contributed by atoms with Crippen molar-refractivity contribution in [2.75, 3.05) is 5.32 Å². The lowest BCUT2D eigenvalue weighted by atomic mass is 9.91. The SMILES string of the molecule is [B]c1cc(Br)cc(C(=O)NNC=O)c1NC(=O)c1cc(Br)nn1-c1ncccc1Cl. The molecule has 0 bridgehead atoms. The van der Waals surface area contributed by atoms with Gasteiger partial charge >= 0.3 is 0 Å². The first kappa shape index (κ1) is 22.0. The first-order valence-electron chi connectivity index (χ1n) is 8.08. The topological polar surface area (TPSA) is 118 Å². The highest BCUT2D eigenvalue weighted by atomic mass is 79.9. The van der Waals surface area contributed by atoms with Crippen molar-refractivity contribution in [2.24, 2.45) is 0 Å². The van der Waals surface area contributed by atoms with Crippen LogP contribution in [0, 0.1) is 0 Å². The van der Waals surface area contributed by atoms with Crippen molar-refractivity contribution in [3.8, 4) is 5.82 Å². The molecule has 0 aliphatic rings. The van der Waals surface area contributed by atoms with Crippen LogP contribution in [0.4, 0.5) is 5.69 Å². The molecule has 0 unspecified atom stereocenters. The standard InChI is InChI=1S/C17H10BBr2ClN6O3/c18-10-5-8(19)4-9(16(29)25-23-7-28)14(10)24-17(30)12-6-13(20)26-27(12)15-11(21)2-1-3-22-15/h1-7H,(H,23,28)(H,24,30)(H,25,29). The number of pyridine rings is 1. The molecular formula is C17H10BBr2ClN6O3. The minimum atomic E-state index is -0.687. The molecule has 3 rings (SSSR count). The number of hydrogen-bond acceptors (Lipinski definition) is 5. The van der Waals surface area contributed by atoms with Crippen molar-refractivity contribution in [3.05, 3.63) is 61.9 Å². The predicted octanol–water partition coefficient (Wildman–Crippen LogP) is 1.88. The van der Waals surface area contributed by atoms with E-state index in [-0.39, 0.29) is 33.2 Å². The monoisotopic (exact) mass is 550 g/mol. The van der Waals surface area contributed by atoms with Gasteiger partial charge in [0, 0.05) is 22.4 Å². The Morgan fingerprint density at radius 2 is 1.97 bits per heavy atom. The van der Waals surface area contributed by atoms with E-state index in [0.717, 1.165) is 0 Å². The second-order valence-electron chi connectivity index (χ2n) is 5.66. The molecule has 0 fully saturated rings. The highest BCUT2D eigenvalue weighted by Gasteiger charge is 2.22. The van der Waals surface area contributed by atoms with Crippen LogP contribution < -0.4 is 21.6 Å². The van der Waals surface area contributed by atoms with Crippen molar-refractivity contribution in [2.45, 2.75) is 0 Å². The Hall–Kier alpha value is -2.70. The van der Waals surface area contributed by atoms with E-state index in [2.05, 4.69) is 52.7 Å². The summed E-state index contributed by atoms with van der Waals surface area (Å²) in [5.41, 5.74) is 4.48. The molecule has 1 aromatic carbocycles. The van der Waals surface area contributed by atoms with Gasteiger partial charge in [-0.15, -0.1) is 0 Å². The van der Waals surface area contributed by atoms with Gasteiger partial charge in [0.15, 0.2) is 5.82 Å². The second-order valence-corrected chi connectivity index (χ2v) is 7.80. The molecular weight excluding hydrogens is 542 g/mol. The number of aromatic nitrogens is 3. The van der Waals surface area contributed by atoms with Crippen LogP contribution in [0.1, 0.15) is 20.8 Å². The molecule has 3 N–H and O–H groups in total. The fourth-order valence-corrected chi connectivity index (χ4v) is 3.55. The van der Waals surface area contributed by atoms with Gasteiger partial charge in [0.05, 0.1) is 10.6 Å². The number of carbonyl (C=O) groups is 3. The quantitative estimate of drug-likeness (QED) is 0.245. The van der Waals surface area contributed by atoms with Gasteiger partial charge in [-0.3, -0.25) is 25.2 Å². The average Bonchev–Trinajstić information content (AvgIpc) is 3.09. The van der Waals surface area contributed by atoms with E-state index in [4.69, 9.17) is 19.4 Å². The molecule has 13 heteroatoms. The van der Waals surface area contributed by atoms with E-state index in [1.807, 2.05) is 5.43 Å². The van der Waals surface area contributed by atoms with Crippen LogP contribution in [0.5, 0.6) is 0 Å². The Labute approximate surface area is 193 Å².